The number of carbonyl (C=O) groups is 1. The fourth-order valence-corrected chi connectivity index (χ4v) is 4.40. The summed E-state index contributed by atoms with van der Waals surface area (Å²) in [5.74, 6) is 0.0286. The van der Waals surface area contributed by atoms with Crippen LogP contribution in [0.3, 0.4) is 0 Å². The van der Waals surface area contributed by atoms with Crippen molar-refractivity contribution in [1.29, 1.82) is 0 Å². The molecule has 0 saturated carbocycles. The van der Waals surface area contributed by atoms with Crippen molar-refractivity contribution < 1.29 is 27.1 Å². The topological polar surface area (TPSA) is 112 Å². The molecule has 196 valence electrons. The third kappa shape index (κ3) is 7.10. The van der Waals surface area contributed by atoms with Crippen molar-refractivity contribution >= 4 is 15.7 Å². The first-order valence-corrected chi connectivity index (χ1v) is 13.8. The van der Waals surface area contributed by atoms with Crippen molar-refractivity contribution in [3.8, 4) is 22.6 Å². The van der Waals surface area contributed by atoms with Gasteiger partial charge in [-0.2, -0.15) is 0 Å². The molecule has 1 heterocycles. The maximum Gasteiger partial charge on any atom is 0.251 e. The largest absolute Gasteiger partial charge is 0.486 e. The number of hydrogen-bond donors (Lipinski definition) is 1. The Hall–Kier alpha value is -4.37. The number of ether oxygens (including phenoxy) is 2. The third-order valence-electron chi connectivity index (χ3n) is 5.59. The molecule has 1 amide bonds. The molecule has 0 bridgehead atoms. The Kier molecular flexibility index (Phi) is 8.28. The molecule has 4 aromatic rings. The van der Waals surface area contributed by atoms with Crippen LogP contribution in [0.15, 0.2) is 94.1 Å². The minimum Gasteiger partial charge on any atom is -0.486 e. The molecule has 0 aliphatic heterocycles. The Morgan fingerprint density at radius 1 is 0.868 bits per heavy atom. The number of nitrogens with one attached hydrogen (secondary N) is 1. The highest BCUT2D eigenvalue weighted by atomic mass is 32.2. The molecule has 4 rings (SSSR count). The first-order chi connectivity index (χ1) is 18.2. The molecule has 3 aromatic carbocycles. The zero-order valence-corrected chi connectivity index (χ0v) is 21.8. The summed E-state index contributed by atoms with van der Waals surface area (Å²) in [6.07, 6.45) is 1.07. The predicted octanol–water partition coefficient (Wildman–Crippen LogP) is 4.37. The van der Waals surface area contributed by atoms with Gasteiger partial charge in [-0.3, -0.25) is 9.59 Å². The summed E-state index contributed by atoms with van der Waals surface area (Å²) in [7, 11) is -1.84. The zero-order chi connectivity index (χ0) is 27.1. The molecule has 0 unspecified atom stereocenters. The van der Waals surface area contributed by atoms with Crippen LogP contribution in [0.5, 0.6) is 11.5 Å². The number of benzene rings is 3. The van der Waals surface area contributed by atoms with Gasteiger partial charge in [-0.1, -0.05) is 54.6 Å². The number of hydrogen-bond acceptors (Lipinski definition) is 7. The van der Waals surface area contributed by atoms with Gasteiger partial charge in [0, 0.05) is 24.9 Å². The van der Waals surface area contributed by atoms with Crippen LogP contribution < -0.4 is 20.2 Å². The van der Waals surface area contributed by atoms with Gasteiger partial charge in [0.2, 0.25) is 11.2 Å². The van der Waals surface area contributed by atoms with Crippen LogP contribution in [0.25, 0.3) is 11.1 Å². The van der Waals surface area contributed by atoms with Crippen molar-refractivity contribution in [2.75, 3.05) is 13.3 Å². The Morgan fingerprint density at radius 2 is 1.50 bits per heavy atom. The van der Waals surface area contributed by atoms with Gasteiger partial charge in [0.1, 0.15) is 30.5 Å². The highest BCUT2D eigenvalue weighted by Gasteiger charge is 2.18. The normalized spacial score (nSPS) is 11.1. The first-order valence-electron chi connectivity index (χ1n) is 11.8. The fourth-order valence-electron chi connectivity index (χ4n) is 3.74. The number of amides is 1. The van der Waals surface area contributed by atoms with Crippen LogP contribution in [0, 0.1) is 0 Å². The predicted molar refractivity (Wildman–Crippen MR) is 144 cm³/mol. The molecule has 0 saturated heterocycles. The van der Waals surface area contributed by atoms with E-state index in [0.717, 1.165) is 29.0 Å². The van der Waals surface area contributed by atoms with Crippen LogP contribution in [-0.4, -0.2) is 27.6 Å². The molecule has 1 aromatic heterocycles. The molecule has 0 radical (unpaired) electrons. The molecule has 1 N–H and O–H groups in total. The number of rotatable bonds is 10. The number of carbonyl (C=O) groups excluding carboxylic acids is 1. The van der Waals surface area contributed by atoms with Crippen LogP contribution in [0.2, 0.25) is 0 Å². The first kappa shape index (κ1) is 26.7. The Balaban J connectivity index is 1.52. The summed E-state index contributed by atoms with van der Waals surface area (Å²) < 4.78 is 40.9. The second-order valence-electron chi connectivity index (χ2n) is 8.64. The van der Waals surface area contributed by atoms with Crippen molar-refractivity contribution in [1.82, 2.24) is 5.32 Å². The molecule has 0 aliphatic carbocycles. The monoisotopic (exact) mass is 533 g/mol. The lowest BCUT2D eigenvalue weighted by Gasteiger charge is -2.13. The summed E-state index contributed by atoms with van der Waals surface area (Å²) in [6.45, 7) is -0.00539. The molecule has 0 aliphatic rings. The molecular formula is C29H27NO7S. The average molecular weight is 534 g/mol. The minimum absolute atomic E-state index is 0.0127. The lowest BCUT2D eigenvalue weighted by Crippen LogP contribution is -2.17. The highest BCUT2D eigenvalue weighted by Crippen LogP contribution is 2.25. The van der Waals surface area contributed by atoms with E-state index in [0.29, 0.717) is 11.3 Å². The van der Waals surface area contributed by atoms with E-state index in [1.54, 1.807) is 31.3 Å². The van der Waals surface area contributed by atoms with E-state index in [9.17, 15) is 18.0 Å². The van der Waals surface area contributed by atoms with Gasteiger partial charge in [-0.25, -0.2) is 8.42 Å². The molecule has 8 nitrogen and oxygen atoms in total. The Labute approximate surface area is 220 Å². The molecule has 0 fully saturated rings. The van der Waals surface area contributed by atoms with E-state index in [4.69, 9.17) is 13.9 Å². The van der Waals surface area contributed by atoms with Crippen molar-refractivity contribution in [3.05, 3.63) is 118 Å². The van der Waals surface area contributed by atoms with Gasteiger partial charge in [-0.05, 0) is 41.0 Å². The molecule has 9 heteroatoms. The fraction of sp³-hybridized carbons (Fsp3) is 0.172. The van der Waals surface area contributed by atoms with Crippen molar-refractivity contribution in [3.63, 3.8) is 0 Å². The van der Waals surface area contributed by atoms with Crippen LogP contribution in [0.1, 0.15) is 27.4 Å². The summed E-state index contributed by atoms with van der Waals surface area (Å²) >= 11 is 0. The standard InChI is InChI=1S/C29H27NO7S/c1-30-29(32)23-10-8-21(9-11-23)22-12-14-24(15-13-22)35-18-27-28(36-17-20-6-4-3-5-7-20)26(31)16-25(37-27)19-38(2,33)34/h3-16H,17-19H2,1-2H3,(H,30,32). The van der Waals surface area contributed by atoms with Crippen molar-refractivity contribution in [2.45, 2.75) is 19.0 Å². The van der Waals surface area contributed by atoms with Gasteiger partial charge in [0.25, 0.3) is 5.91 Å². The van der Waals surface area contributed by atoms with Gasteiger partial charge in [0.05, 0.1) is 0 Å². The van der Waals surface area contributed by atoms with Gasteiger partial charge in [0.15, 0.2) is 15.6 Å². The zero-order valence-electron chi connectivity index (χ0n) is 21.0. The summed E-state index contributed by atoms with van der Waals surface area (Å²) in [6, 6.07) is 25.0. The van der Waals surface area contributed by atoms with Crippen LogP contribution in [-0.2, 0) is 28.8 Å². The highest BCUT2D eigenvalue weighted by molar-refractivity contribution is 7.89. The van der Waals surface area contributed by atoms with Gasteiger partial charge >= 0.3 is 0 Å². The maximum absolute atomic E-state index is 12.8. The second kappa shape index (κ2) is 11.8. The Bertz CT molecular complexity index is 1560. The number of sulfone groups is 1. The summed E-state index contributed by atoms with van der Waals surface area (Å²) in [5.41, 5.74) is 2.80. The second-order valence-corrected chi connectivity index (χ2v) is 10.8. The minimum atomic E-state index is -3.42. The van der Waals surface area contributed by atoms with E-state index in [1.807, 2.05) is 54.6 Å². The maximum atomic E-state index is 12.8. The van der Waals surface area contributed by atoms with E-state index in [-0.39, 0.29) is 36.4 Å². The average Bonchev–Trinajstić information content (AvgIpc) is 2.91. The summed E-state index contributed by atoms with van der Waals surface area (Å²) in [4.78, 5) is 24.6. The van der Waals surface area contributed by atoms with Crippen molar-refractivity contribution in [2.24, 2.45) is 0 Å². The summed E-state index contributed by atoms with van der Waals surface area (Å²) in [5, 5.41) is 2.59. The SMILES string of the molecule is CNC(=O)c1ccc(-c2ccc(OCc3oc(CS(C)(=O)=O)cc(=O)c3OCc3ccccc3)cc2)cc1. The van der Waals surface area contributed by atoms with E-state index >= 15 is 0 Å². The lowest BCUT2D eigenvalue weighted by molar-refractivity contribution is 0.0963. The van der Waals surface area contributed by atoms with E-state index in [1.165, 1.54) is 0 Å². The smallest absolute Gasteiger partial charge is 0.251 e. The molecule has 0 spiro atoms. The molecule has 0 atom stereocenters. The molecular weight excluding hydrogens is 506 g/mol. The quantitative estimate of drug-likeness (QED) is 0.322. The van der Waals surface area contributed by atoms with E-state index in [2.05, 4.69) is 5.32 Å². The third-order valence-corrected chi connectivity index (χ3v) is 6.39. The molecule has 38 heavy (non-hydrogen) atoms. The van der Waals surface area contributed by atoms with E-state index < -0.39 is 21.0 Å². The lowest BCUT2D eigenvalue weighted by atomic mass is 10.0. The van der Waals surface area contributed by atoms with Gasteiger partial charge in [-0.15, -0.1) is 0 Å². The van der Waals surface area contributed by atoms with Crippen LogP contribution in [0.4, 0.5) is 0 Å². The van der Waals surface area contributed by atoms with Gasteiger partial charge < -0.3 is 19.2 Å². The van der Waals surface area contributed by atoms with Crippen LogP contribution >= 0.6 is 0 Å². The Morgan fingerprint density at radius 3 is 2.11 bits per heavy atom.